The van der Waals surface area contributed by atoms with E-state index in [1.165, 1.54) is 12.1 Å². The molecule has 8 nitrogen and oxygen atoms in total. The highest BCUT2D eigenvalue weighted by molar-refractivity contribution is 6.09. The van der Waals surface area contributed by atoms with Gasteiger partial charge in [-0.2, -0.15) is 5.10 Å². The number of ether oxygens (including phenoxy) is 1. The van der Waals surface area contributed by atoms with E-state index in [-0.39, 0.29) is 12.3 Å². The number of allylic oxidation sites excluding steroid dienone is 1. The second-order valence-corrected chi connectivity index (χ2v) is 5.57. The summed E-state index contributed by atoms with van der Waals surface area (Å²) in [6.07, 6.45) is 1.65. The van der Waals surface area contributed by atoms with Crippen molar-refractivity contribution in [2.45, 2.75) is 19.4 Å². The topological polar surface area (TPSA) is 99.3 Å². The van der Waals surface area contributed by atoms with Crippen LogP contribution in [0.1, 0.15) is 13.3 Å². The number of nitrogens with one attached hydrogen (secondary N) is 3. The molecule has 2 heterocycles. The van der Waals surface area contributed by atoms with Crippen molar-refractivity contribution in [3.8, 4) is 0 Å². The quantitative estimate of drug-likeness (QED) is 0.564. The van der Waals surface area contributed by atoms with Crippen molar-refractivity contribution >= 4 is 23.4 Å². The first-order chi connectivity index (χ1) is 12.1. The Kier molecular flexibility index (Phi) is 4.80. The van der Waals surface area contributed by atoms with E-state index in [0.717, 1.165) is 0 Å². The lowest BCUT2D eigenvalue weighted by Crippen LogP contribution is -2.38. The zero-order valence-electron chi connectivity index (χ0n) is 13.9. The Labute approximate surface area is 144 Å². The van der Waals surface area contributed by atoms with Crippen molar-refractivity contribution in [3.63, 3.8) is 0 Å². The van der Waals surface area contributed by atoms with Crippen LogP contribution < -0.4 is 15.8 Å². The van der Waals surface area contributed by atoms with Crippen LogP contribution >= 0.6 is 0 Å². The zero-order chi connectivity index (χ0) is 17.8. The Balaban J connectivity index is 1.93. The third-order valence-electron chi connectivity index (χ3n) is 3.91. The van der Waals surface area contributed by atoms with Gasteiger partial charge in [-0.3, -0.25) is 14.7 Å². The molecular weight excluding hydrogens is 322 g/mol. The standard InChI is InChI=1S/C17H19N5O3/c1-11(19-14-8-9-18-20-14)16-13(10-15(23)25-2)21-22(17(16)24)12-6-4-3-5-7-12/h3-9,13,21H,10H2,1-2H3,(H2,18,19,20). The van der Waals surface area contributed by atoms with Crippen molar-refractivity contribution in [1.82, 2.24) is 15.6 Å². The Hall–Kier alpha value is -3.13. The molecule has 1 amide bonds. The lowest BCUT2D eigenvalue weighted by atomic mass is 10.0. The second kappa shape index (κ2) is 7.18. The molecule has 3 N–H and O–H groups in total. The first-order valence-corrected chi connectivity index (χ1v) is 7.80. The molecule has 25 heavy (non-hydrogen) atoms. The van der Waals surface area contributed by atoms with Crippen LogP contribution in [0.25, 0.3) is 0 Å². The van der Waals surface area contributed by atoms with Gasteiger partial charge in [0.05, 0.1) is 37.0 Å². The zero-order valence-corrected chi connectivity index (χ0v) is 13.9. The molecule has 3 rings (SSSR count). The maximum atomic E-state index is 12.9. The van der Waals surface area contributed by atoms with Gasteiger partial charge in [-0.1, -0.05) is 18.2 Å². The first-order valence-electron chi connectivity index (χ1n) is 7.80. The van der Waals surface area contributed by atoms with E-state index in [2.05, 4.69) is 20.9 Å². The van der Waals surface area contributed by atoms with Crippen molar-refractivity contribution in [2.75, 3.05) is 17.4 Å². The smallest absolute Gasteiger partial charge is 0.307 e. The molecule has 2 aromatic rings. The number of rotatable bonds is 5. The minimum absolute atomic E-state index is 0.0445. The van der Waals surface area contributed by atoms with Crippen molar-refractivity contribution in [2.24, 2.45) is 0 Å². The molecule has 1 unspecified atom stereocenters. The number of H-pyrrole nitrogens is 1. The molecule has 0 saturated carbocycles. The number of hydrazine groups is 1. The van der Waals surface area contributed by atoms with Gasteiger partial charge in [0, 0.05) is 11.8 Å². The first kappa shape index (κ1) is 16.7. The molecule has 130 valence electrons. The Bertz CT molecular complexity index is 786. The maximum Gasteiger partial charge on any atom is 0.307 e. The van der Waals surface area contributed by atoms with Gasteiger partial charge in [0.1, 0.15) is 5.82 Å². The van der Waals surface area contributed by atoms with Gasteiger partial charge < -0.3 is 10.1 Å². The monoisotopic (exact) mass is 341 g/mol. The number of aromatic nitrogens is 2. The van der Waals surface area contributed by atoms with Crippen molar-refractivity contribution in [3.05, 3.63) is 53.9 Å². The van der Waals surface area contributed by atoms with Gasteiger partial charge in [0.25, 0.3) is 5.91 Å². The fourth-order valence-corrected chi connectivity index (χ4v) is 2.73. The van der Waals surface area contributed by atoms with E-state index in [0.29, 0.717) is 22.8 Å². The highest BCUT2D eigenvalue weighted by Crippen LogP contribution is 2.27. The minimum atomic E-state index is -0.490. The lowest BCUT2D eigenvalue weighted by molar-refractivity contribution is -0.140. The van der Waals surface area contributed by atoms with E-state index in [1.807, 2.05) is 30.3 Å². The number of hydrogen-bond acceptors (Lipinski definition) is 6. The summed E-state index contributed by atoms with van der Waals surface area (Å²) in [7, 11) is 1.33. The van der Waals surface area contributed by atoms with Crippen LogP contribution in [0.2, 0.25) is 0 Å². The van der Waals surface area contributed by atoms with Crippen molar-refractivity contribution in [1.29, 1.82) is 0 Å². The molecule has 0 spiro atoms. The molecule has 1 aromatic carbocycles. The maximum absolute atomic E-state index is 12.9. The summed E-state index contributed by atoms with van der Waals surface area (Å²) >= 11 is 0. The summed E-state index contributed by atoms with van der Waals surface area (Å²) in [5.41, 5.74) is 4.90. The summed E-state index contributed by atoms with van der Waals surface area (Å²) in [6, 6.07) is 10.5. The van der Waals surface area contributed by atoms with E-state index in [9.17, 15) is 9.59 Å². The van der Waals surface area contributed by atoms with Gasteiger partial charge in [-0.25, -0.2) is 10.4 Å². The van der Waals surface area contributed by atoms with Crippen LogP contribution in [0, 0.1) is 0 Å². The fraction of sp³-hybridized carbons (Fsp3) is 0.235. The second-order valence-electron chi connectivity index (χ2n) is 5.57. The molecule has 8 heteroatoms. The number of aromatic amines is 1. The Morgan fingerprint density at radius 3 is 2.72 bits per heavy atom. The van der Waals surface area contributed by atoms with Gasteiger partial charge in [0.2, 0.25) is 0 Å². The molecule has 1 fully saturated rings. The molecule has 0 aliphatic carbocycles. The summed E-state index contributed by atoms with van der Waals surface area (Å²) in [5.74, 6) is 0.0458. The number of amides is 1. The normalized spacial score (nSPS) is 19.0. The Morgan fingerprint density at radius 1 is 1.32 bits per heavy atom. The predicted octanol–water partition coefficient (Wildman–Crippen LogP) is 1.58. The molecule has 0 radical (unpaired) electrons. The largest absolute Gasteiger partial charge is 0.469 e. The summed E-state index contributed by atoms with van der Waals surface area (Å²) in [5, 5.41) is 11.2. The average Bonchev–Trinajstić information content (AvgIpc) is 3.23. The highest BCUT2D eigenvalue weighted by Gasteiger charge is 2.38. The number of nitrogens with zero attached hydrogens (tertiary/aromatic N) is 2. The van der Waals surface area contributed by atoms with Gasteiger partial charge in [-0.05, 0) is 19.1 Å². The van der Waals surface area contributed by atoms with Crippen molar-refractivity contribution < 1.29 is 14.3 Å². The summed E-state index contributed by atoms with van der Waals surface area (Å²) < 4.78 is 4.75. The summed E-state index contributed by atoms with van der Waals surface area (Å²) in [4.78, 5) is 24.7. The minimum Gasteiger partial charge on any atom is -0.469 e. The van der Waals surface area contributed by atoms with E-state index in [4.69, 9.17) is 4.74 Å². The van der Waals surface area contributed by atoms with Crippen LogP contribution in [0.5, 0.6) is 0 Å². The summed E-state index contributed by atoms with van der Waals surface area (Å²) in [6.45, 7) is 1.79. The van der Waals surface area contributed by atoms with Gasteiger partial charge >= 0.3 is 5.97 Å². The Morgan fingerprint density at radius 2 is 2.08 bits per heavy atom. The molecule has 0 bridgehead atoms. The number of methoxy groups -OCH3 is 1. The lowest BCUT2D eigenvalue weighted by Gasteiger charge is -2.16. The number of esters is 1. The molecule has 1 atom stereocenters. The van der Waals surface area contributed by atoms with Crippen LogP contribution in [-0.2, 0) is 14.3 Å². The van der Waals surface area contributed by atoms with Crippen LogP contribution in [0.3, 0.4) is 0 Å². The van der Waals surface area contributed by atoms with E-state index < -0.39 is 12.0 Å². The van der Waals surface area contributed by atoms with E-state index in [1.54, 1.807) is 19.2 Å². The van der Waals surface area contributed by atoms with Gasteiger partial charge in [0.15, 0.2) is 0 Å². The predicted molar refractivity (Wildman–Crippen MR) is 92.4 cm³/mol. The van der Waals surface area contributed by atoms with Crippen LogP contribution in [0.4, 0.5) is 11.5 Å². The fourth-order valence-electron chi connectivity index (χ4n) is 2.73. The number of hydrogen-bond donors (Lipinski definition) is 3. The number of anilines is 2. The molecule has 1 aliphatic rings. The van der Waals surface area contributed by atoms with E-state index >= 15 is 0 Å². The van der Waals surface area contributed by atoms with Crippen LogP contribution in [-0.4, -0.2) is 35.2 Å². The molecule has 1 aromatic heterocycles. The number of para-hydroxylation sites is 1. The highest BCUT2D eigenvalue weighted by atomic mass is 16.5. The number of carbonyl (C=O) groups is 2. The third-order valence-corrected chi connectivity index (χ3v) is 3.91. The average molecular weight is 341 g/mol. The molecule has 1 saturated heterocycles. The molecular formula is C17H19N5O3. The van der Waals surface area contributed by atoms with Gasteiger partial charge in [-0.15, -0.1) is 0 Å². The van der Waals surface area contributed by atoms with Crippen LogP contribution in [0.15, 0.2) is 53.9 Å². The third kappa shape index (κ3) is 3.53. The SMILES string of the molecule is COC(=O)CC1NN(c2ccccc2)C(=O)C1=C(C)Nc1ccn[nH]1. The number of benzene rings is 1. The molecule has 1 aliphatic heterocycles. The number of carbonyl (C=O) groups excluding carboxylic acids is 2.